The minimum atomic E-state index is -1.01. The molecule has 10 nitrogen and oxygen atoms in total. The fourth-order valence-corrected chi connectivity index (χ4v) is 5.58. The predicted octanol–water partition coefficient (Wildman–Crippen LogP) is 3.69. The van der Waals surface area contributed by atoms with Crippen molar-refractivity contribution in [3.8, 4) is 5.06 Å². The molecule has 0 saturated carbocycles. The summed E-state index contributed by atoms with van der Waals surface area (Å²) in [5.41, 5.74) is 3.49. The van der Waals surface area contributed by atoms with Crippen molar-refractivity contribution < 1.29 is 33.6 Å². The van der Waals surface area contributed by atoms with Gasteiger partial charge in [-0.25, -0.2) is 14.6 Å². The van der Waals surface area contributed by atoms with Crippen LogP contribution in [0.4, 0.5) is 9.59 Å². The van der Waals surface area contributed by atoms with Crippen LogP contribution in [0.1, 0.15) is 24.0 Å². The van der Waals surface area contributed by atoms with Gasteiger partial charge in [-0.15, -0.1) is 0 Å². The molecule has 2 fully saturated rings. The van der Waals surface area contributed by atoms with Gasteiger partial charge in [0.1, 0.15) is 6.10 Å². The molecule has 0 unspecified atom stereocenters. The highest BCUT2D eigenvalue weighted by molar-refractivity contribution is 7.11. The minimum Gasteiger partial charge on any atom is -0.443 e. The van der Waals surface area contributed by atoms with Crippen molar-refractivity contribution in [1.29, 1.82) is 0 Å². The average Bonchev–Trinajstić information content (AvgIpc) is 3.70. The fraction of sp³-hybridized carbons (Fsp3) is 0.414. The first-order chi connectivity index (χ1) is 19.5. The van der Waals surface area contributed by atoms with Crippen LogP contribution in [0, 0.1) is 5.92 Å². The molecule has 3 heterocycles. The summed E-state index contributed by atoms with van der Waals surface area (Å²) in [4.78, 5) is 29.6. The number of nitrogens with zero attached hydrogens (tertiary/aromatic N) is 1. The number of rotatable bonds is 11. The molecule has 40 heavy (non-hydrogen) atoms. The maximum Gasteiger partial charge on any atom is 0.413 e. The van der Waals surface area contributed by atoms with Crippen molar-refractivity contribution in [2.75, 3.05) is 13.2 Å². The maximum absolute atomic E-state index is 13.0. The number of hydrogen-bond donors (Lipinski definition) is 3. The van der Waals surface area contributed by atoms with Gasteiger partial charge in [-0.05, 0) is 36.8 Å². The van der Waals surface area contributed by atoms with Gasteiger partial charge in [0, 0.05) is 6.04 Å². The normalized spacial score (nSPS) is 22.1. The molecule has 0 radical (unpaired) electrons. The zero-order chi connectivity index (χ0) is 27.7. The summed E-state index contributed by atoms with van der Waals surface area (Å²) in [6.45, 7) is 0.876. The van der Waals surface area contributed by atoms with Gasteiger partial charge >= 0.3 is 12.2 Å². The van der Waals surface area contributed by atoms with Gasteiger partial charge in [0.2, 0.25) is 5.06 Å². The molecule has 2 aromatic carbocycles. The predicted molar refractivity (Wildman–Crippen MR) is 147 cm³/mol. The van der Waals surface area contributed by atoms with E-state index in [0.29, 0.717) is 31.1 Å². The zero-order valence-electron chi connectivity index (χ0n) is 21.9. The average molecular weight is 568 g/mol. The summed E-state index contributed by atoms with van der Waals surface area (Å²) in [5, 5.41) is 17.5. The van der Waals surface area contributed by atoms with Crippen molar-refractivity contribution in [2.24, 2.45) is 5.92 Å². The summed E-state index contributed by atoms with van der Waals surface area (Å²) in [6.07, 6.45) is 0.240. The van der Waals surface area contributed by atoms with Gasteiger partial charge < -0.3 is 34.7 Å². The molecule has 2 saturated heterocycles. The number of aliphatic hydroxyl groups excluding tert-OH is 1. The lowest BCUT2D eigenvalue weighted by Crippen LogP contribution is -2.49. The fourth-order valence-electron chi connectivity index (χ4n) is 5.11. The van der Waals surface area contributed by atoms with Gasteiger partial charge in [-0.3, -0.25) is 0 Å². The third-order valence-electron chi connectivity index (χ3n) is 7.09. The van der Waals surface area contributed by atoms with Crippen LogP contribution in [0.5, 0.6) is 5.06 Å². The summed E-state index contributed by atoms with van der Waals surface area (Å²) < 4.78 is 22.2. The quantitative estimate of drug-likeness (QED) is 0.320. The Morgan fingerprint density at radius 2 is 1.73 bits per heavy atom. The number of aromatic nitrogens is 1. The third kappa shape index (κ3) is 7.79. The largest absolute Gasteiger partial charge is 0.443 e. The standard InChI is InChI=1S/C29H33N3O7S/c33-24(23(14-20-9-5-2-6-10-20)32-29(35)39-26-16-30-18-40-26)15-21(13-19-7-3-1-4-8-19)31-28(34)38-25-17-37-27-22(25)11-12-36-27/h1-10,16,18,21-25,27,33H,11-15,17H2,(H,31,34)(H,32,35)/t21-,22-,23-,24-,25-,27+/m0/s1. The number of thiazole rings is 1. The Labute approximate surface area is 236 Å². The summed E-state index contributed by atoms with van der Waals surface area (Å²) in [6, 6.07) is 18.1. The Morgan fingerprint density at radius 3 is 2.42 bits per heavy atom. The lowest BCUT2D eigenvalue weighted by molar-refractivity contribution is -0.0907. The first-order valence-electron chi connectivity index (χ1n) is 13.4. The number of fused-ring (bicyclic) bond motifs is 1. The number of carbonyl (C=O) groups is 2. The van der Waals surface area contributed by atoms with E-state index >= 15 is 0 Å². The van der Waals surface area contributed by atoms with E-state index in [4.69, 9.17) is 18.9 Å². The van der Waals surface area contributed by atoms with Crippen molar-refractivity contribution in [3.63, 3.8) is 0 Å². The van der Waals surface area contributed by atoms with E-state index in [-0.39, 0.29) is 24.7 Å². The second-order valence-electron chi connectivity index (χ2n) is 9.95. The van der Waals surface area contributed by atoms with Gasteiger partial charge in [-0.1, -0.05) is 72.0 Å². The van der Waals surface area contributed by atoms with Crippen LogP contribution < -0.4 is 15.4 Å². The molecule has 1 aromatic heterocycles. The third-order valence-corrected chi connectivity index (χ3v) is 7.73. The molecule has 3 N–H and O–H groups in total. The van der Waals surface area contributed by atoms with Crippen molar-refractivity contribution in [3.05, 3.63) is 83.5 Å². The van der Waals surface area contributed by atoms with Crippen LogP contribution in [-0.2, 0) is 27.1 Å². The summed E-state index contributed by atoms with van der Waals surface area (Å²) >= 11 is 1.19. The smallest absolute Gasteiger partial charge is 0.413 e. The van der Waals surface area contributed by atoms with Gasteiger partial charge in [0.25, 0.3) is 0 Å². The van der Waals surface area contributed by atoms with Gasteiger partial charge in [-0.2, -0.15) is 0 Å². The maximum atomic E-state index is 13.0. The molecule has 0 bridgehead atoms. The number of nitrogens with one attached hydrogen (secondary N) is 2. The molecular formula is C29H33N3O7S. The molecule has 2 aliphatic rings. The van der Waals surface area contributed by atoms with Gasteiger partial charge in [0.15, 0.2) is 6.29 Å². The monoisotopic (exact) mass is 567 g/mol. The van der Waals surface area contributed by atoms with E-state index in [1.54, 1.807) is 5.51 Å². The summed E-state index contributed by atoms with van der Waals surface area (Å²) in [5.74, 6) is 0.0212. The van der Waals surface area contributed by atoms with Crippen molar-refractivity contribution >= 4 is 23.5 Å². The first-order valence-corrected chi connectivity index (χ1v) is 14.2. The highest BCUT2D eigenvalue weighted by Crippen LogP contribution is 2.33. The lowest BCUT2D eigenvalue weighted by atomic mass is 9.94. The Hall–Kier alpha value is -3.51. The molecule has 5 rings (SSSR count). The lowest BCUT2D eigenvalue weighted by Gasteiger charge is -2.28. The number of aliphatic hydroxyl groups is 1. The van der Waals surface area contributed by atoms with Crippen LogP contribution in [0.25, 0.3) is 0 Å². The molecule has 0 spiro atoms. The Balaban J connectivity index is 1.27. The topological polar surface area (TPSA) is 128 Å². The van der Waals surface area contributed by atoms with Crippen molar-refractivity contribution in [2.45, 2.75) is 56.3 Å². The molecule has 212 valence electrons. The number of ether oxygens (including phenoxy) is 4. The molecular weight excluding hydrogens is 534 g/mol. The molecule has 6 atom stereocenters. The Bertz CT molecular complexity index is 1210. The number of carbonyl (C=O) groups excluding carboxylic acids is 2. The Morgan fingerprint density at radius 1 is 1.00 bits per heavy atom. The second-order valence-corrected chi connectivity index (χ2v) is 10.8. The minimum absolute atomic E-state index is 0.0212. The molecule has 0 aliphatic carbocycles. The zero-order valence-corrected chi connectivity index (χ0v) is 22.7. The van der Waals surface area contributed by atoms with Gasteiger partial charge in [0.05, 0.1) is 43.0 Å². The molecule has 2 aliphatic heterocycles. The van der Waals surface area contributed by atoms with Crippen LogP contribution >= 0.6 is 11.3 Å². The molecule has 3 aromatic rings. The van der Waals surface area contributed by atoms with Crippen LogP contribution in [0.15, 0.2) is 72.4 Å². The van der Waals surface area contributed by atoms with Crippen LogP contribution in [-0.4, -0.2) is 66.1 Å². The van der Waals surface area contributed by atoms with E-state index in [9.17, 15) is 14.7 Å². The van der Waals surface area contributed by atoms with E-state index < -0.39 is 30.4 Å². The number of hydrogen-bond acceptors (Lipinski definition) is 9. The van der Waals surface area contributed by atoms with Crippen LogP contribution in [0.2, 0.25) is 0 Å². The Kier molecular flexibility index (Phi) is 9.61. The number of benzene rings is 2. The highest BCUT2D eigenvalue weighted by Gasteiger charge is 2.44. The van der Waals surface area contributed by atoms with E-state index in [0.717, 1.165) is 17.5 Å². The molecule has 11 heteroatoms. The van der Waals surface area contributed by atoms with E-state index in [2.05, 4.69) is 15.6 Å². The number of amides is 2. The number of alkyl carbamates (subject to hydrolysis) is 1. The van der Waals surface area contributed by atoms with E-state index in [1.165, 1.54) is 17.5 Å². The van der Waals surface area contributed by atoms with Crippen molar-refractivity contribution in [1.82, 2.24) is 15.6 Å². The highest BCUT2D eigenvalue weighted by atomic mass is 32.1. The summed E-state index contributed by atoms with van der Waals surface area (Å²) in [7, 11) is 0. The second kappa shape index (κ2) is 13.7. The van der Waals surface area contributed by atoms with Crippen LogP contribution in [0.3, 0.4) is 0 Å². The SMILES string of the molecule is O=C(N[C@@H](Cc1ccccc1)[C@@H](O)C[C@H](Cc1ccccc1)NC(=O)O[C@H]1CO[C@H]2OCC[C@H]21)Oc1cncs1. The van der Waals surface area contributed by atoms with E-state index in [1.807, 2.05) is 60.7 Å². The first kappa shape index (κ1) is 28.0. The molecule has 2 amide bonds.